The number of rotatable bonds is 6. The Kier molecular flexibility index (Phi) is 5.00. The van der Waals surface area contributed by atoms with Crippen molar-refractivity contribution in [2.24, 2.45) is 0 Å². The van der Waals surface area contributed by atoms with Gasteiger partial charge in [-0.2, -0.15) is 5.10 Å². The third-order valence-corrected chi connectivity index (χ3v) is 4.59. The summed E-state index contributed by atoms with van der Waals surface area (Å²) in [4.78, 5) is 0.160. The quantitative estimate of drug-likeness (QED) is 0.714. The largest absolute Gasteiger partial charge is 0.318 e. The fourth-order valence-electron chi connectivity index (χ4n) is 1.60. The van der Waals surface area contributed by atoms with Crippen LogP contribution in [0.5, 0.6) is 0 Å². The Morgan fingerprint density at radius 1 is 1.40 bits per heavy atom. The molecular weight excluding hydrogens is 391 g/mol. The van der Waals surface area contributed by atoms with Gasteiger partial charge in [-0.15, -0.1) is 0 Å². The van der Waals surface area contributed by atoms with Gasteiger partial charge in [0.25, 0.3) is 10.0 Å². The highest BCUT2D eigenvalue weighted by atomic mass is 127. The van der Waals surface area contributed by atoms with Crippen molar-refractivity contribution >= 4 is 38.3 Å². The van der Waals surface area contributed by atoms with Gasteiger partial charge in [0.05, 0.1) is 12.7 Å². The Hall–Kier alpha value is -1.13. The number of likely N-dealkylation sites (N-methyl/N-ethyl adjacent to an activating group) is 1. The standard InChI is InChI=1S/C12H15IN4O2S/c1-14-5-6-17-9-12(8-15-17)20(18,19)16-11-4-2-3-10(13)7-11/h2-4,7-9,14,16H,5-6H2,1H3. The maximum atomic E-state index is 12.2. The summed E-state index contributed by atoms with van der Waals surface area (Å²) in [5, 5.41) is 7.02. The molecule has 0 spiro atoms. The summed E-state index contributed by atoms with van der Waals surface area (Å²) < 4.78 is 29.5. The number of aromatic nitrogens is 2. The fraction of sp³-hybridized carbons (Fsp3) is 0.250. The molecule has 0 saturated heterocycles. The van der Waals surface area contributed by atoms with Crippen molar-refractivity contribution in [1.82, 2.24) is 15.1 Å². The van der Waals surface area contributed by atoms with Crippen LogP contribution in [0.15, 0.2) is 41.6 Å². The number of nitrogens with zero attached hydrogens (tertiary/aromatic N) is 2. The second-order valence-electron chi connectivity index (χ2n) is 4.16. The molecule has 2 N–H and O–H groups in total. The molecule has 6 nitrogen and oxygen atoms in total. The molecule has 0 amide bonds. The first-order valence-corrected chi connectivity index (χ1v) is 8.53. The summed E-state index contributed by atoms with van der Waals surface area (Å²) in [5.74, 6) is 0. The number of hydrogen-bond donors (Lipinski definition) is 2. The van der Waals surface area contributed by atoms with Crippen LogP contribution < -0.4 is 10.0 Å². The minimum Gasteiger partial charge on any atom is -0.318 e. The summed E-state index contributed by atoms with van der Waals surface area (Å²) in [6.45, 7) is 1.35. The van der Waals surface area contributed by atoms with Crippen LogP contribution in [0.25, 0.3) is 0 Å². The number of anilines is 1. The molecular formula is C12H15IN4O2S. The average molecular weight is 406 g/mol. The molecule has 1 aromatic heterocycles. The molecule has 20 heavy (non-hydrogen) atoms. The lowest BCUT2D eigenvalue weighted by atomic mass is 10.3. The van der Waals surface area contributed by atoms with Crippen LogP contribution in [0.3, 0.4) is 0 Å². The van der Waals surface area contributed by atoms with Gasteiger partial charge in [-0.1, -0.05) is 6.07 Å². The first kappa shape index (κ1) is 15.3. The molecule has 1 heterocycles. The molecule has 0 aliphatic rings. The molecule has 2 rings (SSSR count). The van der Waals surface area contributed by atoms with Crippen molar-refractivity contribution in [2.75, 3.05) is 18.3 Å². The van der Waals surface area contributed by atoms with Crippen molar-refractivity contribution in [2.45, 2.75) is 11.4 Å². The van der Waals surface area contributed by atoms with E-state index in [1.54, 1.807) is 22.9 Å². The zero-order chi connectivity index (χ0) is 14.6. The van der Waals surface area contributed by atoms with Gasteiger partial charge in [-0.25, -0.2) is 8.42 Å². The van der Waals surface area contributed by atoms with Crippen LogP contribution in [0, 0.1) is 3.57 Å². The van der Waals surface area contributed by atoms with Crippen molar-refractivity contribution in [3.8, 4) is 0 Å². The lowest BCUT2D eigenvalue weighted by Gasteiger charge is -2.06. The molecule has 8 heteroatoms. The van der Waals surface area contributed by atoms with Gasteiger partial charge in [0.2, 0.25) is 0 Å². The SMILES string of the molecule is CNCCn1cc(S(=O)(=O)Nc2cccc(I)c2)cn1. The van der Waals surface area contributed by atoms with Crippen molar-refractivity contribution in [3.63, 3.8) is 0 Å². The normalized spacial score (nSPS) is 11.5. The van der Waals surface area contributed by atoms with Gasteiger partial charge in [0.15, 0.2) is 0 Å². The van der Waals surface area contributed by atoms with Crippen molar-refractivity contribution in [3.05, 3.63) is 40.2 Å². The van der Waals surface area contributed by atoms with E-state index in [9.17, 15) is 8.42 Å². The van der Waals surface area contributed by atoms with Crippen LogP contribution in [0.4, 0.5) is 5.69 Å². The Labute approximate surface area is 131 Å². The number of halogens is 1. The maximum Gasteiger partial charge on any atom is 0.265 e. The van der Waals surface area contributed by atoms with Gasteiger partial charge in [0, 0.05) is 22.0 Å². The van der Waals surface area contributed by atoms with E-state index in [-0.39, 0.29) is 4.90 Å². The van der Waals surface area contributed by atoms with Gasteiger partial charge in [-0.05, 0) is 47.8 Å². The maximum absolute atomic E-state index is 12.2. The van der Waals surface area contributed by atoms with E-state index >= 15 is 0 Å². The van der Waals surface area contributed by atoms with Crippen LogP contribution >= 0.6 is 22.6 Å². The molecule has 0 bridgehead atoms. The lowest BCUT2D eigenvalue weighted by molar-refractivity contribution is 0.582. The Morgan fingerprint density at radius 2 is 2.20 bits per heavy atom. The van der Waals surface area contributed by atoms with E-state index in [0.29, 0.717) is 12.2 Å². The molecule has 0 fully saturated rings. The van der Waals surface area contributed by atoms with Crippen LogP contribution in [-0.2, 0) is 16.6 Å². The minimum absolute atomic E-state index is 0.160. The monoisotopic (exact) mass is 406 g/mol. The molecule has 1 aromatic carbocycles. The predicted molar refractivity (Wildman–Crippen MR) is 86.1 cm³/mol. The molecule has 108 valence electrons. The lowest BCUT2D eigenvalue weighted by Crippen LogP contribution is -2.15. The summed E-state index contributed by atoms with van der Waals surface area (Å²) >= 11 is 2.13. The predicted octanol–water partition coefficient (Wildman–Crippen LogP) is 1.51. The minimum atomic E-state index is -3.59. The van der Waals surface area contributed by atoms with Crippen LogP contribution in [0.2, 0.25) is 0 Å². The molecule has 0 saturated carbocycles. The van der Waals surface area contributed by atoms with E-state index in [1.165, 1.54) is 12.4 Å². The van der Waals surface area contributed by atoms with E-state index < -0.39 is 10.0 Å². The first-order valence-electron chi connectivity index (χ1n) is 5.97. The number of hydrogen-bond acceptors (Lipinski definition) is 4. The topological polar surface area (TPSA) is 76.0 Å². The Balaban J connectivity index is 2.16. The van der Waals surface area contributed by atoms with Crippen molar-refractivity contribution in [1.29, 1.82) is 0 Å². The molecule has 0 atom stereocenters. The molecule has 0 aliphatic heterocycles. The number of sulfonamides is 1. The highest BCUT2D eigenvalue weighted by Gasteiger charge is 2.16. The van der Waals surface area contributed by atoms with Gasteiger partial charge in [-0.3, -0.25) is 9.40 Å². The zero-order valence-corrected chi connectivity index (χ0v) is 13.8. The average Bonchev–Trinajstić information content (AvgIpc) is 2.85. The third-order valence-electron chi connectivity index (χ3n) is 2.59. The summed E-state index contributed by atoms with van der Waals surface area (Å²) in [6.07, 6.45) is 2.87. The summed E-state index contributed by atoms with van der Waals surface area (Å²) in [7, 11) is -1.76. The van der Waals surface area contributed by atoms with Crippen LogP contribution in [-0.4, -0.2) is 31.8 Å². The fourth-order valence-corrected chi connectivity index (χ4v) is 3.14. The van der Waals surface area contributed by atoms with Crippen molar-refractivity contribution < 1.29 is 8.42 Å². The van der Waals surface area contributed by atoms with E-state index in [4.69, 9.17) is 0 Å². The van der Waals surface area contributed by atoms with Gasteiger partial charge >= 0.3 is 0 Å². The third kappa shape index (κ3) is 3.93. The van der Waals surface area contributed by atoms with Crippen LogP contribution in [0.1, 0.15) is 0 Å². The molecule has 0 aliphatic carbocycles. The van der Waals surface area contributed by atoms with Gasteiger partial charge < -0.3 is 5.32 Å². The first-order chi connectivity index (χ1) is 9.51. The molecule has 0 radical (unpaired) electrons. The smallest absolute Gasteiger partial charge is 0.265 e. The zero-order valence-electron chi connectivity index (χ0n) is 10.9. The van der Waals surface area contributed by atoms with E-state index in [0.717, 1.165) is 10.1 Å². The second kappa shape index (κ2) is 6.55. The highest BCUT2D eigenvalue weighted by molar-refractivity contribution is 14.1. The Morgan fingerprint density at radius 3 is 2.90 bits per heavy atom. The van der Waals surface area contributed by atoms with E-state index in [2.05, 4.69) is 37.7 Å². The Bertz CT molecular complexity index is 684. The summed E-state index contributed by atoms with van der Waals surface area (Å²) in [6, 6.07) is 7.18. The molecule has 0 unspecified atom stereocenters. The highest BCUT2D eigenvalue weighted by Crippen LogP contribution is 2.17. The second-order valence-corrected chi connectivity index (χ2v) is 7.09. The van der Waals surface area contributed by atoms with Gasteiger partial charge in [0.1, 0.15) is 4.90 Å². The molecule has 2 aromatic rings. The summed E-state index contributed by atoms with van der Waals surface area (Å²) in [5.41, 5.74) is 0.542. The number of benzene rings is 1. The van der Waals surface area contributed by atoms with E-state index in [1.807, 2.05) is 13.1 Å². The number of nitrogens with one attached hydrogen (secondary N) is 2.